The maximum Gasteiger partial charge on any atom is 0.309 e. The predicted molar refractivity (Wildman–Crippen MR) is 79.0 cm³/mol. The van der Waals surface area contributed by atoms with Crippen molar-refractivity contribution in [2.75, 3.05) is 13.2 Å². The molecule has 1 rings (SSSR count). The summed E-state index contributed by atoms with van der Waals surface area (Å²) in [6.45, 7) is 1.45. The fourth-order valence-corrected chi connectivity index (χ4v) is 2.79. The molecule has 0 heterocycles. The molecule has 22 heavy (non-hydrogen) atoms. The summed E-state index contributed by atoms with van der Waals surface area (Å²) < 4.78 is 31.4. The van der Waals surface area contributed by atoms with Gasteiger partial charge in [-0.1, -0.05) is 18.2 Å². The van der Waals surface area contributed by atoms with E-state index in [-0.39, 0.29) is 24.5 Å². The van der Waals surface area contributed by atoms with Crippen molar-refractivity contribution in [2.24, 2.45) is 5.73 Å². The molecule has 1 atom stereocenters. The zero-order valence-corrected chi connectivity index (χ0v) is 12.9. The highest BCUT2D eigenvalue weighted by Crippen LogP contribution is 2.08. The van der Waals surface area contributed by atoms with Gasteiger partial charge in [0, 0.05) is 0 Å². The lowest BCUT2D eigenvalue weighted by Gasteiger charge is -2.19. The summed E-state index contributed by atoms with van der Waals surface area (Å²) in [5, 5.41) is 2.33. The van der Waals surface area contributed by atoms with E-state index < -0.39 is 28.1 Å². The van der Waals surface area contributed by atoms with Crippen LogP contribution in [0.4, 0.5) is 0 Å². The van der Waals surface area contributed by atoms with Crippen LogP contribution in [0.15, 0.2) is 35.2 Å². The number of esters is 1. The highest BCUT2D eigenvalue weighted by molar-refractivity contribution is 7.89. The van der Waals surface area contributed by atoms with Crippen molar-refractivity contribution < 1.29 is 22.7 Å². The summed E-state index contributed by atoms with van der Waals surface area (Å²) in [6, 6.07) is 7.59. The molecule has 0 spiro atoms. The third kappa shape index (κ3) is 5.80. The normalized spacial score (nSPS) is 12.5. The van der Waals surface area contributed by atoms with Crippen molar-refractivity contribution in [1.29, 1.82) is 0 Å². The zero-order valence-electron chi connectivity index (χ0n) is 12.1. The molecule has 122 valence electrons. The Morgan fingerprint density at radius 3 is 2.45 bits per heavy atom. The number of rotatable bonds is 8. The number of carbonyl (C=O) groups excluding carboxylic acids is 2. The number of sulfonamides is 1. The minimum absolute atomic E-state index is 0.0193. The van der Waals surface area contributed by atoms with Crippen LogP contribution < -0.4 is 15.8 Å². The number of benzene rings is 1. The molecule has 0 bridgehead atoms. The highest BCUT2D eigenvalue weighted by Gasteiger charge is 2.23. The van der Waals surface area contributed by atoms with E-state index >= 15 is 0 Å². The number of nitrogens with two attached hydrogens (primary N) is 1. The number of hydrogen-bond donors (Lipinski definition) is 3. The van der Waals surface area contributed by atoms with Crippen LogP contribution in [0.3, 0.4) is 0 Å². The molecule has 0 aliphatic heterocycles. The van der Waals surface area contributed by atoms with Gasteiger partial charge in [-0.05, 0) is 19.1 Å². The molecule has 0 saturated heterocycles. The van der Waals surface area contributed by atoms with Crippen LogP contribution in [0.2, 0.25) is 0 Å². The van der Waals surface area contributed by atoms with E-state index in [1.54, 1.807) is 25.1 Å². The zero-order chi connectivity index (χ0) is 16.6. The summed E-state index contributed by atoms with van der Waals surface area (Å²) in [5.74, 6) is -1.23. The van der Waals surface area contributed by atoms with Gasteiger partial charge in [0.2, 0.25) is 15.9 Å². The topological polar surface area (TPSA) is 128 Å². The lowest BCUT2D eigenvalue weighted by atomic mass is 10.3. The molecule has 0 saturated carbocycles. The minimum Gasteiger partial charge on any atom is -0.466 e. The Morgan fingerprint density at radius 2 is 1.91 bits per heavy atom. The average molecular weight is 329 g/mol. The Hall–Kier alpha value is -1.97. The first-order valence-corrected chi connectivity index (χ1v) is 8.09. The summed E-state index contributed by atoms with van der Waals surface area (Å²) in [6.07, 6.45) is -1.48. The third-order valence-electron chi connectivity index (χ3n) is 2.55. The molecule has 1 aromatic carbocycles. The van der Waals surface area contributed by atoms with Crippen LogP contribution in [-0.4, -0.2) is 39.6 Å². The minimum atomic E-state index is -3.89. The van der Waals surface area contributed by atoms with Crippen molar-refractivity contribution in [3.63, 3.8) is 0 Å². The summed E-state index contributed by atoms with van der Waals surface area (Å²) in [7, 11) is -3.89. The van der Waals surface area contributed by atoms with Gasteiger partial charge in [0.25, 0.3) is 0 Å². The maximum atomic E-state index is 12.2. The van der Waals surface area contributed by atoms with E-state index in [0.717, 1.165) is 0 Å². The van der Waals surface area contributed by atoms with E-state index in [2.05, 4.69) is 10.0 Å². The van der Waals surface area contributed by atoms with Crippen molar-refractivity contribution in [3.05, 3.63) is 30.3 Å². The van der Waals surface area contributed by atoms with Crippen LogP contribution in [0.25, 0.3) is 0 Å². The number of ether oxygens (including phenoxy) is 1. The Kier molecular flexibility index (Phi) is 6.96. The second-order valence-electron chi connectivity index (χ2n) is 4.27. The lowest BCUT2D eigenvalue weighted by molar-refractivity contribution is -0.143. The summed E-state index contributed by atoms with van der Waals surface area (Å²) >= 11 is 0. The molecular weight excluding hydrogens is 310 g/mol. The van der Waals surface area contributed by atoms with Crippen molar-refractivity contribution in [1.82, 2.24) is 10.0 Å². The molecule has 4 N–H and O–H groups in total. The van der Waals surface area contributed by atoms with Gasteiger partial charge in [0.1, 0.15) is 6.17 Å². The molecular formula is C13H19N3O5S. The first kappa shape index (κ1) is 18.1. The molecule has 0 aliphatic carbocycles. The van der Waals surface area contributed by atoms with Crippen LogP contribution >= 0.6 is 0 Å². The van der Waals surface area contributed by atoms with Gasteiger partial charge in [-0.15, -0.1) is 0 Å². The maximum absolute atomic E-state index is 12.2. The van der Waals surface area contributed by atoms with Gasteiger partial charge in [-0.2, -0.15) is 4.72 Å². The molecule has 0 aromatic heterocycles. The van der Waals surface area contributed by atoms with Crippen LogP contribution in [-0.2, 0) is 24.3 Å². The van der Waals surface area contributed by atoms with Gasteiger partial charge in [-0.3, -0.25) is 9.59 Å². The Morgan fingerprint density at radius 1 is 1.27 bits per heavy atom. The number of hydrogen-bond acceptors (Lipinski definition) is 6. The van der Waals surface area contributed by atoms with E-state index in [1.807, 2.05) is 0 Å². The number of carbonyl (C=O) groups is 2. The Labute approximate surface area is 129 Å². The van der Waals surface area contributed by atoms with E-state index in [4.69, 9.17) is 10.5 Å². The first-order chi connectivity index (χ1) is 10.4. The molecule has 0 fully saturated rings. The lowest BCUT2D eigenvalue weighted by Crippen LogP contribution is -2.50. The van der Waals surface area contributed by atoms with E-state index in [0.29, 0.717) is 0 Å². The largest absolute Gasteiger partial charge is 0.466 e. The van der Waals surface area contributed by atoms with E-state index in [1.165, 1.54) is 12.1 Å². The van der Waals surface area contributed by atoms with E-state index in [9.17, 15) is 18.0 Å². The van der Waals surface area contributed by atoms with Crippen LogP contribution in [0.5, 0.6) is 0 Å². The molecule has 9 heteroatoms. The highest BCUT2D eigenvalue weighted by atomic mass is 32.2. The summed E-state index contributed by atoms with van der Waals surface area (Å²) in [5.41, 5.74) is 5.18. The number of nitrogens with one attached hydrogen (secondary N) is 2. The standard InChI is InChI=1S/C13H19N3O5S/c1-2-21-13(18)8-11(15-12(17)9-14)16-22(19,20)10-6-4-3-5-7-10/h3-7,11,16H,2,8-9,14H2,1H3,(H,15,17)/t11-/m0/s1. The molecule has 0 aliphatic rings. The quantitative estimate of drug-likeness (QED) is 0.428. The van der Waals surface area contributed by atoms with Gasteiger partial charge < -0.3 is 15.8 Å². The Bertz CT molecular complexity index is 603. The van der Waals surface area contributed by atoms with Gasteiger partial charge >= 0.3 is 5.97 Å². The second kappa shape index (κ2) is 8.47. The third-order valence-corrected chi connectivity index (χ3v) is 4.04. The number of amides is 1. The van der Waals surface area contributed by atoms with Gasteiger partial charge in [0.15, 0.2) is 0 Å². The molecule has 0 radical (unpaired) electrons. The molecule has 8 nitrogen and oxygen atoms in total. The fourth-order valence-electron chi connectivity index (χ4n) is 1.62. The van der Waals surface area contributed by atoms with Crippen LogP contribution in [0.1, 0.15) is 13.3 Å². The smallest absolute Gasteiger partial charge is 0.309 e. The monoisotopic (exact) mass is 329 g/mol. The molecule has 1 amide bonds. The molecule has 1 aromatic rings. The second-order valence-corrected chi connectivity index (χ2v) is 5.98. The van der Waals surface area contributed by atoms with Crippen LogP contribution in [0, 0.1) is 0 Å². The van der Waals surface area contributed by atoms with Gasteiger partial charge in [-0.25, -0.2) is 8.42 Å². The summed E-state index contributed by atoms with van der Waals surface area (Å²) in [4.78, 5) is 22.9. The van der Waals surface area contributed by atoms with Gasteiger partial charge in [0.05, 0.1) is 24.5 Å². The van der Waals surface area contributed by atoms with Crippen molar-refractivity contribution in [2.45, 2.75) is 24.4 Å². The average Bonchev–Trinajstić information content (AvgIpc) is 2.47. The fraction of sp³-hybridized carbons (Fsp3) is 0.385. The Balaban J connectivity index is 2.87. The predicted octanol–water partition coefficient (Wildman–Crippen LogP) is -0.681. The first-order valence-electron chi connectivity index (χ1n) is 6.61. The van der Waals surface area contributed by atoms with Crippen molar-refractivity contribution >= 4 is 21.9 Å². The SMILES string of the molecule is CCOC(=O)C[C@@H](NC(=O)CN)NS(=O)(=O)c1ccccc1. The van der Waals surface area contributed by atoms with Crippen molar-refractivity contribution in [3.8, 4) is 0 Å². The molecule has 0 unspecified atom stereocenters.